The summed E-state index contributed by atoms with van der Waals surface area (Å²) in [7, 11) is 0. The Kier molecular flexibility index (Phi) is 3.39. The minimum Gasteiger partial charge on any atom is -0.385 e. The predicted molar refractivity (Wildman–Crippen MR) is 59.3 cm³/mol. The number of anilines is 1. The second-order valence-corrected chi connectivity index (χ2v) is 4.12. The molecule has 2 heteroatoms. The molecule has 1 aliphatic carbocycles. The Morgan fingerprint density at radius 3 is 2.57 bits per heavy atom. The molecule has 0 amide bonds. The van der Waals surface area contributed by atoms with Gasteiger partial charge < -0.3 is 5.32 Å². The average Bonchev–Trinajstić information content (AvgIpc) is 2.29. The Labute approximate surface area is 85.7 Å². The molecule has 0 aromatic carbocycles. The zero-order valence-electron chi connectivity index (χ0n) is 8.58. The van der Waals surface area contributed by atoms with E-state index in [0.29, 0.717) is 0 Å². The molecule has 1 N–H and O–H groups in total. The Bertz CT molecular complexity index is 252. The van der Waals surface area contributed by atoms with Gasteiger partial charge in [-0.1, -0.05) is 19.3 Å². The van der Waals surface area contributed by atoms with E-state index in [1.54, 1.807) is 0 Å². The van der Waals surface area contributed by atoms with Crippen LogP contribution in [-0.2, 0) is 0 Å². The highest BCUT2D eigenvalue weighted by Crippen LogP contribution is 2.23. The Hall–Kier alpha value is -1.05. The molecule has 0 saturated heterocycles. The van der Waals surface area contributed by atoms with Gasteiger partial charge in [-0.2, -0.15) is 0 Å². The molecule has 1 aromatic rings. The van der Waals surface area contributed by atoms with Crippen LogP contribution < -0.4 is 5.32 Å². The molecule has 1 heterocycles. The zero-order chi connectivity index (χ0) is 9.64. The highest BCUT2D eigenvalue weighted by atomic mass is 14.9. The summed E-state index contributed by atoms with van der Waals surface area (Å²) in [5.41, 5.74) is 1.20. The lowest BCUT2D eigenvalue weighted by Gasteiger charge is -2.22. The van der Waals surface area contributed by atoms with Gasteiger partial charge in [-0.3, -0.25) is 4.98 Å². The van der Waals surface area contributed by atoms with Crippen molar-refractivity contribution in [2.75, 3.05) is 11.9 Å². The normalized spacial score (nSPS) is 18.0. The maximum Gasteiger partial charge on any atom is 0.0371 e. The van der Waals surface area contributed by atoms with Gasteiger partial charge in [0.15, 0.2) is 0 Å². The number of rotatable bonds is 3. The van der Waals surface area contributed by atoms with Crippen LogP contribution >= 0.6 is 0 Å². The van der Waals surface area contributed by atoms with Gasteiger partial charge in [0.1, 0.15) is 0 Å². The lowest BCUT2D eigenvalue weighted by atomic mass is 9.89. The number of hydrogen-bond donors (Lipinski definition) is 1. The van der Waals surface area contributed by atoms with E-state index in [-0.39, 0.29) is 0 Å². The van der Waals surface area contributed by atoms with Crippen molar-refractivity contribution < 1.29 is 0 Å². The number of aromatic nitrogens is 1. The third-order valence-electron chi connectivity index (χ3n) is 3.00. The van der Waals surface area contributed by atoms with E-state index in [4.69, 9.17) is 0 Å². The van der Waals surface area contributed by atoms with E-state index < -0.39 is 0 Å². The molecule has 1 saturated carbocycles. The number of hydrogen-bond acceptors (Lipinski definition) is 2. The Morgan fingerprint density at radius 2 is 1.86 bits per heavy atom. The minimum absolute atomic E-state index is 0.886. The Morgan fingerprint density at radius 1 is 1.14 bits per heavy atom. The number of pyridine rings is 1. The van der Waals surface area contributed by atoms with Crippen LogP contribution in [0.4, 0.5) is 5.69 Å². The average molecular weight is 190 g/mol. The van der Waals surface area contributed by atoms with Crippen LogP contribution in [-0.4, -0.2) is 11.5 Å². The van der Waals surface area contributed by atoms with Gasteiger partial charge in [0, 0.05) is 24.6 Å². The van der Waals surface area contributed by atoms with E-state index in [2.05, 4.69) is 10.3 Å². The van der Waals surface area contributed by atoms with E-state index in [9.17, 15) is 0 Å². The van der Waals surface area contributed by atoms with Crippen LogP contribution in [0, 0.1) is 5.92 Å². The first kappa shape index (κ1) is 9.50. The van der Waals surface area contributed by atoms with Gasteiger partial charge >= 0.3 is 0 Å². The number of nitrogens with zero attached hydrogens (tertiary/aromatic N) is 1. The largest absolute Gasteiger partial charge is 0.385 e. The maximum atomic E-state index is 4.00. The zero-order valence-corrected chi connectivity index (χ0v) is 8.58. The van der Waals surface area contributed by atoms with Crippen molar-refractivity contribution in [3.8, 4) is 0 Å². The van der Waals surface area contributed by atoms with Gasteiger partial charge in [-0.15, -0.1) is 0 Å². The second kappa shape index (κ2) is 4.99. The first-order chi connectivity index (χ1) is 6.95. The lowest BCUT2D eigenvalue weighted by molar-refractivity contribution is 0.373. The maximum absolute atomic E-state index is 4.00. The molecule has 2 rings (SSSR count). The number of nitrogens with one attached hydrogen (secondary N) is 1. The highest BCUT2D eigenvalue weighted by Gasteiger charge is 2.12. The molecule has 1 fully saturated rings. The molecule has 0 atom stereocenters. The summed E-state index contributed by atoms with van der Waals surface area (Å²) in [4.78, 5) is 4.00. The summed E-state index contributed by atoms with van der Waals surface area (Å²) in [6.07, 6.45) is 10.7. The van der Waals surface area contributed by atoms with Crippen LogP contribution in [0.15, 0.2) is 24.5 Å². The van der Waals surface area contributed by atoms with Gasteiger partial charge in [0.25, 0.3) is 0 Å². The molecular formula is C12H18N2. The monoisotopic (exact) mass is 190 g/mol. The van der Waals surface area contributed by atoms with Crippen molar-refractivity contribution >= 4 is 5.69 Å². The molecular weight excluding hydrogens is 172 g/mol. The Balaban J connectivity index is 1.76. The quantitative estimate of drug-likeness (QED) is 0.792. The summed E-state index contributed by atoms with van der Waals surface area (Å²) in [6, 6.07) is 4.06. The highest BCUT2D eigenvalue weighted by molar-refractivity contribution is 5.40. The van der Waals surface area contributed by atoms with Crippen molar-refractivity contribution in [1.82, 2.24) is 4.98 Å². The van der Waals surface area contributed by atoms with E-state index >= 15 is 0 Å². The van der Waals surface area contributed by atoms with E-state index in [0.717, 1.165) is 12.5 Å². The third kappa shape index (κ3) is 2.72. The summed E-state index contributed by atoms with van der Waals surface area (Å²) in [5, 5.41) is 3.47. The van der Waals surface area contributed by atoms with Crippen LogP contribution in [0.1, 0.15) is 32.1 Å². The molecule has 0 aliphatic heterocycles. The molecule has 1 aliphatic rings. The van der Waals surface area contributed by atoms with Crippen molar-refractivity contribution in [3.63, 3.8) is 0 Å². The van der Waals surface area contributed by atoms with Gasteiger partial charge in [0.05, 0.1) is 0 Å². The summed E-state index contributed by atoms with van der Waals surface area (Å²) in [5.74, 6) is 0.886. The van der Waals surface area contributed by atoms with Gasteiger partial charge in [0.2, 0.25) is 0 Å². The van der Waals surface area contributed by atoms with Crippen molar-refractivity contribution in [2.45, 2.75) is 32.1 Å². The minimum atomic E-state index is 0.886. The van der Waals surface area contributed by atoms with E-state index in [1.165, 1.54) is 37.8 Å². The topological polar surface area (TPSA) is 24.9 Å². The third-order valence-corrected chi connectivity index (χ3v) is 3.00. The molecule has 0 bridgehead atoms. The van der Waals surface area contributed by atoms with Crippen LogP contribution in [0.5, 0.6) is 0 Å². The molecule has 0 radical (unpaired) electrons. The molecule has 2 nitrogen and oxygen atoms in total. The fraction of sp³-hybridized carbons (Fsp3) is 0.583. The fourth-order valence-electron chi connectivity index (χ4n) is 2.12. The van der Waals surface area contributed by atoms with Gasteiger partial charge in [-0.05, 0) is 30.9 Å². The fourth-order valence-corrected chi connectivity index (χ4v) is 2.12. The van der Waals surface area contributed by atoms with Crippen LogP contribution in [0.2, 0.25) is 0 Å². The smallest absolute Gasteiger partial charge is 0.0371 e. The lowest BCUT2D eigenvalue weighted by Crippen LogP contribution is -2.16. The summed E-state index contributed by atoms with van der Waals surface area (Å²) < 4.78 is 0. The second-order valence-electron chi connectivity index (χ2n) is 4.12. The first-order valence-electron chi connectivity index (χ1n) is 5.59. The molecule has 76 valence electrons. The van der Waals surface area contributed by atoms with Crippen LogP contribution in [0.25, 0.3) is 0 Å². The molecule has 0 spiro atoms. The van der Waals surface area contributed by atoms with Crippen molar-refractivity contribution in [3.05, 3.63) is 24.5 Å². The standard InChI is InChI=1S/C12H18N2/c1-2-4-11(5-3-1)10-14-12-6-8-13-9-7-12/h6-9,11H,1-5,10H2,(H,13,14). The summed E-state index contributed by atoms with van der Waals surface area (Å²) >= 11 is 0. The molecule has 14 heavy (non-hydrogen) atoms. The predicted octanol–water partition coefficient (Wildman–Crippen LogP) is 3.07. The van der Waals surface area contributed by atoms with Crippen molar-refractivity contribution in [2.24, 2.45) is 5.92 Å². The first-order valence-corrected chi connectivity index (χ1v) is 5.59. The SMILES string of the molecule is c1cc(NCC2CCCCC2)ccn1. The van der Waals surface area contributed by atoms with Crippen LogP contribution in [0.3, 0.4) is 0 Å². The molecule has 0 unspecified atom stereocenters. The van der Waals surface area contributed by atoms with E-state index in [1.807, 2.05) is 24.5 Å². The van der Waals surface area contributed by atoms with Crippen molar-refractivity contribution in [1.29, 1.82) is 0 Å². The molecule has 1 aromatic heterocycles. The van der Waals surface area contributed by atoms with Gasteiger partial charge in [-0.25, -0.2) is 0 Å². The summed E-state index contributed by atoms with van der Waals surface area (Å²) in [6.45, 7) is 1.13.